The first-order valence-electron chi connectivity index (χ1n) is 13.6. The van der Waals surface area contributed by atoms with Gasteiger partial charge in [-0.25, -0.2) is 0 Å². The van der Waals surface area contributed by atoms with Crippen molar-refractivity contribution in [3.05, 3.63) is 71.6 Å². The van der Waals surface area contributed by atoms with E-state index < -0.39 is 0 Å². The fourth-order valence-corrected chi connectivity index (χ4v) is 7.51. The maximum absolute atomic E-state index is 13.4. The van der Waals surface area contributed by atoms with Crippen LogP contribution in [-0.4, -0.2) is 47.2 Å². The molecule has 37 heavy (non-hydrogen) atoms. The molecule has 1 spiro atoms. The Hall–Kier alpha value is -3.48. The van der Waals surface area contributed by atoms with E-state index in [2.05, 4.69) is 27.4 Å². The molecule has 1 N–H and O–H groups in total. The monoisotopic (exact) mass is 496 g/mol. The molecule has 2 bridgehead atoms. The molecule has 3 atom stereocenters. The summed E-state index contributed by atoms with van der Waals surface area (Å²) in [4.78, 5) is 47.0. The summed E-state index contributed by atoms with van der Waals surface area (Å²) < 4.78 is 0. The second-order valence-corrected chi connectivity index (χ2v) is 11.5. The summed E-state index contributed by atoms with van der Waals surface area (Å²) in [7, 11) is 0. The van der Waals surface area contributed by atoms with Gasteiger partial charge >= 0.3 is 0 Å². The van der Waals surface area contributed by atoms with Gasteiger partial charge in [0.1, 0.15) is 0 Å². The third-order valence-corrected chi connectivity index (χ3v) is 9.63. The topological polar surface area (TPSA) is 82.6 Å². The second kappa shape index (κ2) is 8.54. The van der Waals surface area contributed by atoms with Crippen LogP contribution in [0.15, 0.2) is 54.9 Å². The van der Waals surface area contributed by atoms with Crippen molar-refractivity contribution in [2.45, 2.75) is 38.6 Å². The third kappa shape index (κ3) is 3.62. The zero-order valence-electron chi connectivity index (χ0n) is 20.9. The molecular weight excluding hydrogens is 464 g/mol. The molecule has 7 nitrogen and oxygen atoms in total. The van der Waals surface area contributed by atoms with Crippen molar-refractivity contribution >= 4 is 23.4 Å². The lowest BCUT2D eigenvalue weighted by atomic mass is 9.88. The Kier molecular flexibility index (Phi) is 5.24. The van der Waals surface area contributed by atoms with Crippen LogP contribution in [-0.2, 0) is 11.3 Å². The van der Waals surface area contributed by atoms with Crippen LogP contribution in [0, 0.1) is 29.1 Å². The van der Waals surface area contributed by atoms with Crippen LogP contribution in [0.1, 0.15) is 58.4 Å². The van der Waals surface area contributed by atoms with Crippen LogP contribution in [0.5, 0.6) is 0 Å². The molecule has 2 saturated carbocycles. The number of rotatable bonds is 6. The molecule has 5 aliphatic rings. The predicted molar refractivity (Wildman–Crippen MR) is 139 cm³/mol. The van der Waals surface area contributed by atoms with Gasteiger partial charge in [0.2, 0.25) is 5.91 Å². The lowest BCUT2D eigenvalue weighted by Gasteiger charge is -2.34. The third-order valence-electron chi connectivity index (χ3n) is 9.63. The van der Waals surface area contributed by atoms with Gasteiger partial charge in [0, 0.05) is 37.9 Å². The minimum atomic E-state index is -0.261. The van der Waals surface area contributed by atoms with E-state index in [-0.39, 0.29) is 30.2 Å². The van der Waals surface area contributed by atoms with E-state index in [9.17, 15) is 14.4 Å². The molecule has 7 rings (SSSR count). The molecule has 7 heteroatoms. The highest BCUT2D eigenvalue weighted by atomic mass is 16.2. The maximum atomic E-state index is 13.4. The largest absolute Gasteiger partial charge is 0.371 e. The summed E-state index contributed by atoms with van der Waals surface area (Å²) in [5.74, 6) is 1.64. The molecule has 2 aromatic rings. The minimum absolute atomic E-state index is 0.00330. The number of hydrogen-bond donors (Lipinski definition) is 1. The van der Waals surface area contributed by atoms with Crippen LogP contribution in [0.25, 0.3) is 0 Å². The standard InChI is InChI=1S/C30H32N4O3/c35-27(32-17-21-15-22-6-7-24(21)30(22)10-11-30)20-8-13-33(14-9-20)25-5-1-4-23-26(25)29(37)34(28(23)36)18-19-3-2-12-31-16-19/h1-7,12,16,20-22,24H,8-11,13-15,17-18H2,(H,32,35). The zero-order chi connectivity index (χ0) is 25.1. The first-order valence-corrected chi connectivity index (χ1v) is 13.6. The number of fused-ring (bicyclic) bond motifs is 1. The van der Waals surface area contributed by atoms with Crippen molar-refractivity contribution in [2.24, 2.45) is 29.1 Å². The number of anilines is 1. The fraction of sp³-hybridized carbons (Fsp3) is 0.467. The first kappa shape index (κ1) is 22.7. The lowest BCUT2D eigenvalue weighted by molar-refractivity contribution is -0.125. The predicted octanol–water partition coefficient (Wildman–Crippen LogP) is 3.81. The summed E-state index contributed by atoms with van der Waals surface area (Å²) in [6.45, 7) is 2.39. The highest BCUT2D eigenvalue weighted by Gasteiger charge is 2.62. The summed E-state index contributed by atoms with van der Waals surface area (Å²) in [5, 5.41) is 3.28. The van der Waals surface area contributed by atoms with E-state index in [0.29, 0.717) is 41.5 Å². The number of carbonyl (C=O) groups is 3. The Morgan fingerprint density at radius 1 is 1.05 bits per heavy atom. The van der Waals surface area contributed by atoms with Gasteiger partial charge < -0.3 is 10.2 Å². The molecule has 1 saturated heterocycles. The Balaban J connectivity index is 0.984. The number of piperidine rings is 1. The summed E-state index contributed by atoms with van der Waals surface area (Å²) in [6.07, 6.45) is 13.6. The number of benzene rings is 1. The summed E-state index contributed by atoms with van der Waals surface area (Å²) in [6, 6.07) is 9.18. The number of nitrogens with zero attached hydrogens (tertiary/aromatic N) is 3. The van der Waals surface area contributed by atoms with Crippen LogP contribution >= 0.6 is 0 Å². The molecule has 190 valence electrons. The minimum Gasteiger partial charge on any atom is -0.371 e. The van der Waals surface area contributed by atoms with Gasteiger partial charge in [-0.1, -0.05) is 24.3 Å². The smallest absolute Gasteiger partial charge is 0.263 e. The number of allylic oxidation sites excluding steroid dienone is 2. The Labute approximate surface area is 216 Å². The summed E-state index contributed by atoms with van der Waals surface area (Å²) >= 11 is 0. The number of nitrogens with one attached hydrogen (secondary N) is 1. The number of amides is 3. The number of pyridine rings is 1. The van der Waals surface area contributed by atoms with Crippen molar-refractivity contribution < 1.29 is 14.4 Å². The highest BCUT2D eigenvalue weighted by Crippen LogP contribution is 2.69. The number of carbonyl (C=O) groups excluding carboxylic acids is 3. The van der Waals surface area contributed by atoms with E-state index in [1.165, 1.54) is 24.2 Å². The average molecular weight is 497 g/mol. The number of imide groups is 1. The fourth-order valence-electron chi connectivity index (χ4n) is 7.51. The molecular formula is C30H32N4O3. The highest BCUT2D eigenvalue weighted by molar-refractivity contribution is 6.23. The van der Waals surface area contributed by atoms with E-state index in [1.54, 1.807) is 24.5 Å². The molecule has 3 fully saturated rings. The Bertz CT molecular complexity index is 1290. The zero-order valence-corrected chi connectivity index (χ0v) is 20.9. The normalized spacial score (nSPS) is 27.3. The first-order chi connectivity index (χ1) is 18.0. The lowest BCUT2D eigenvalue weighted by Crippen LogP contribution is -2.42. The molecule has 1 aromatic carbocycles. The Morgan fingerprint density at radius 3 is 2.62 bits per heavy atom. The van der Waals surface area contributed by atoms with Gasteiger partial charge in [0.05, 0.1) is 23.4 Å². The molecule has 2 aliphatic heterocycles. The van der Waals surface area contributed by atoms with Crippen molar-refractivity contribution in [3.63, 3.8) is 0 Å². The molecule has 3 aliphatic carbocycles. The van der Waals surface area contributed by atoms with Crippen LogP contribution in [0.2, 0.25) is 0 Å². The maximum Gasteiger partial charge on any atom is 0.263 e. The van der Waals surface area contributed by atoms with Crippen LogP contribution < -0.4 is 10.2 Å². The number of aromatic nitrogens is 1. The van der Waals surface area contributed by atoms with Crippen molar-refractivity contribution in [1.82, 2.24) is 15.2 Å². The molecule has 1 aromatic heterocycles. The van der Waals surface area contributed by atoms with Gasteiger partial charge in [0.15, 0.2) is 0 Å². The van der Waals surface area contributed by atoms with E-state index in [4.69, 9.17) is 0 Å². The quantitative estimate of drug-likeness (QED) is 0.486. The van der Waals surface area contributed by atoms with Gasteiger partial charge in [-0.3, -0.25) is 24.3 Å². The number of hydrogen-bond acceptors (Lipinski definition) is 5. The SMILES string of the molecule is O=C(NCC1CC2C=CC1C21CC1)C1CCN(c2cccc3c2C(=O)N(Cc2cccnc2)C3=O)CC1. The van der Waals surface area contributed by atoms with E-state index in [0.717, 1.165) is 36.6 Å². The second-order valence-electron chi connectivity index (χ2n) is 11.5. The van der Waals surface area contributed by atoms with Crippen molar-refractivity contribution in [3.8, 4) is 0 Å². The van der Waals surface area contributed by atoms with E-state index >= 15 is 0 Å². The van der Waals surface area contributed by atoms with Crippen molar-refractivity contribution in [1.29, 1.82) is 0 Å². The average Bonchev–Trinajstić information content (AvgIpc) is 3.55. The van der Waals surface area contributed by atoms with E-state index in [1.807, 2.05) is 18.2 Å². The van der Waals surface area contributed by atoms with Crippen LogP contribution in [0.4, 0.5) is 5.69 Å². The van der Waals surface area contributed by atoms with Gasteiger partial charge in [-0.05, 0) is 79.0 Å². The molecule has 3 heterocycles. The molecule has 3 amide bonds. The van der Waals surface area contributed by atoms with Gasteiger partial charge in [-0.2, -0.15) is 0 Å². The van der Waals surface area contributed by atoms with Crippen LogP contribution in [0.3, 0.4) is 0 Å². The molecule has 0 radical (unpaired) electrons. The van der Waals surface area contributed by atoms with Gasteiger partial charge in [-0.15, -0.1) is 0 Å². The summed E-state index contributed by atoms with van der Waals surface area (Å²) in [5.41, 5.74) is 3.12. The van der Waals surface area contributed by atoms with Crippen molar-refractivity contribution in [2.75, 3.05) is 24.5 Å². The Morgan fingerprint density at radius 2 is 1.89 bits per heavy atom. The van der Waals surface area contributed by atoms with Gasteiger partial charge in [0.25, 0.3) is 11.8 Å². The molecule has 3 unspecified atom stereocenters.